The second kappa shape index (κ2) is 7.59. The molecule has 9 heteroatoms. The van der Waals surface area contributed by atoms with Crippen LogP contribution in [-0.2, 0) is 14.9 Å². The van der Waals surface area contributed by atoms with Crippen molar-refractivity contribution in [3.8, 4) is 5.69 Å². The lowest BCUT2D eigenvalue weighted by Crippen LogP contribution is -2.46. The fraction of sp³-hybridized carbons (Fsp3) is 0.400. The van der Waals surface area contributed by atoms with Gasteiger partial charge in [0.15, 0.2) is 5.65 Å². The minimum atomic E-state index is -2.26. The first-order valence-corrected chi connectivity index (χ1v) is 11.1. The number of fused-ring (bicyclic) bond motifs is 2. The van der Waals surface area contributed by atoms with E-state index < -0.39 is 17.1 Å². The Kier molecular flexibility index (Phi) is 5.02. The average molecular weight is 469 g/mol. The molecule has 178 valence electrons. The number of aryl methyl sites for hydroxylation is 1. The molecule has 3 aromatic heterocycles. The van der Waals surface area contributed by atoms with Gasteiger partial charge in [0, 0.05) is 34.9 Å². The van der Waals surface area contributed by atoms with E-state index in [2.05, 4.69) is 10.2 Å². The maximum absolute atomic E-state index is 14.9. The highest BCUT2D eigenvalue weighted by Gasteiger charge is 2.54. The molecule has 3 heterocycles. The zero-order chi connectivity index (χ0) is 24.4. The zero-order valence-electron chi connectivity index (χ0n) is 19.4. The monoisotopic (exact) mass is 468 g/mol. The van der Waals surface area contributed by atoms with E-state index in [0.717, 1.165) is 27.8 Å². The number of ether oxygens (including phenoxy) is 1. The number of hydrogen-bond acceptors (Lipinski definition) is 4. The molecule has 0 amide bonds. The van der Waals surface area contributed by atoms with Crippen molar-refractivity contribution in [1.29, 1.82) is 0 Å². The number of aromatic amines is 1. The van der Waals surface area contributed by atoms with E-state index in [4.69, 9.17) is 9.72 Å². The van der Waals surface area contributed by atoms with Crippen LogP contribution < -0.4 is 0 Å². The molecule has 0 bridgehead atoms. The second-order valence-corrected chi connectivity index (χ2v) is 9.89. The molecule has 1 aromatic carbocycles. The van der Waals surface area contributed by atoms with E-state index in [1.54, 1.807) is 32.4 Å². The number of nitrogens with zero attached hydrogens (tertiary/aromatic N) is 3. The Bertz CT molecular complexity index is 1430. The number of carboxylic acids is 1. The largest absolute Gasteiger partial charge is 0.479 e. The predicted octanol–water partition coefficient (Wildman–Crippen LogP) is 4.94. The standard InChI is InChI=1S/C25H26F2N4O3/c1-13-7-16(5-6-17(13)26)31-18-8-14-11-28-30-22(14)29-20(18)19(21(31)24(2,3)12-34-4)15-9-25(27,10-15)23(32)33/h5-8,11,15H,9-10,12H2,1-4H3,(H,32,33)(H,28,29,30)/t15-,25+. The zero-order valence-corrected chi connectivity index (χ0v) is 19.4. The summed E-state index contributed by atoms with van der Waals surface area (Å²) in [5.41, 5.74) is 2.07. The summed E-state index contributed by atoms with van der Waals surface area (Å²) in [5.74, 6) is -2.09. The summed E-state index contributed by atoms with van der Waals surface area (Å²) in [6, 6.07) is 6.85. The molecule has 5 rings (SSSR count). The van der Waals surface area contributed by atoms with Gasteiger partial charge in [0.1, 0.15) is 5.82 Å². The van der Waals surface area contributed by atoms with Crippen LogP contribution in [0, 0.1) is 12.7 Å². The van der Waals surface area contributed by atoms with Crippen molar-refractivity contribution in [2.45, 2.75) is 50.6 Å². The third-order valence-electron chi connectivity index (χ3n) is 6.86. The number of methoxy groups -OCH3 is 1. The molecule has 0 spiro atoms. The number of carbonyl (C=O) groups is 1. The lowest BCUT2D eigenvalue weighted by molar-refractivity contribution is -0.158. The predicted molar refractivity (Wildman–Crippen MR) is 124 cm³/mol. The third-order valence-corrected chi connectivity index (χ3v) is 6.86. The average Bonchev–Trinajstić information content (AvgIpc) is 3.33. The summed E-state index contributed by atoms with van der Waals surface area (Å²) in [4.78, 5) is 16.3. The number of H-pyrrole nitrogens is 1. The third kappa shape index (κ3) is 3.29. The van der Waals surface area contributed by atoms with Gasteiger partial charge in [0.25, 0.3) is 0 Å². The molecule has 34 heavy (non-hydrogen) atoms. The first-order chi connectivity index (χ1) is 16.1. The van der Waals surface area contributed by atoms with Crippen molar-refractivity contribution >= 4 is 28.0 Å². The second-order valence-electron chi connectivity index (χ2n) is 9.89. The van der Waals surface area contributed by atoms with Crippen LogP contribution in [0.25, 0.3) is 27.8 Å². The Morgan fingerprint density at radius 1 is 1.35 bits per heavy atom. The number of benzene rings is 1. The number of halogens is 2. The number of aromatic nitrogens is 4. The fourth-order valence-corrected chi connectivity index (χ4v) is 5.21. The van der Waals surface area contributed by atoms with E-state index in [9.17, 15) is 18.7 Å². The van der Waals surface area contributed by atoms with Crippen LogP contribution in [0.3, 0.4) is 0 Å². The van der Waals surface area contributed by atoms with Gasteiger partial charge in [-0.05, 0) is 55.5 Å². The molecule has 0 atom stereocenters. The Morgan fingerprint density at radius 3 is 2.74 bits per heavy atom. The summed E-state index contributed by atoms with van der Waals surface area (Å²) >= 11 is 0. The topological polar surface area (TPSA) is 93.0 Å². The Morgan fingerprint density at radius 2 is 2.09 bits per heavy atom. The van der Waals surface area contributed by atoms with Gasteiger partial charge >= 0.3 is 5.97 Å². The van der Waals surface area contributed by atoms with Crippen LogP contribution in [0.5, 0.6) is 0 Å². The summed E-state index contributed by atoms with van der Waals surface area (Å²) in [6.07, 6.45) is 1.40. The van der Waals surface area contributed by atoms with Crippen molar-refractivity contribution in [3.05, 3.63) is 53.1 Å². The Labute approximate surface area is 194 Å². The molecule has 7 nitrogen and oxygen atoms in total. The van der Waals surface area contributed by atoms with Crippen LogP contribution in [0.1, 0.15) is 49.4 Å². The normalized spacial score (nSPS) is 20.7. The van der Waals surface area contributed by atoms with Crippen LogP contribution in [0.15, 0.2) is 30.5 Å². The van der Waals surface area contributed by atoms with Crippen molar-refractivity contribution in [2.75, 3.05) is 13.7 Å². The van der Waals surface area contributed by atoms with Gasteiger partial charge in [-0.25, -0.2) is 18.6 Å². The van der Waals surface area contributed by atoms with Gasteiger partial charge in [-0.2, -0.15) is 5.10 Å². The number of alkyl halides is 1. The SMILES string of the molecule is COCC(C)(C)c1c([C@H]2C[C@](F)(C(=O)O)C2)c2nc3[nH]ncc3cc2n1-c1ccc(F)c(C)c1. The van der Waals surface area contributed by atoms with Gasteiger partial charge in [-0.3, -0.25) is 5.10 Å². The first-order valence-electron chi connectivity index (χ1n) is 11.1. The molecule has 1 saturated carbocycles. The molecular formula is C25H26F2N4O3. The smallest absolute Gasteiger partial charge is 0.341 e. The van der Waals surface area contributed by atoms with E-state index in [1.807, 2.05) is 24.5 Å². The maximum Gasteiger partial charge on any atom is 0.341 e. The van der Waals surface area contributed by atoms with E-state index in [-0.39, 0.29) is 24.6 Å². The molecule has 1 aliphatic rings. The fourth-order valence-electron chi connectivity index (χ4n) is 5.21. The molecule has 2 N–H and O–H groups in total. The summed E-state index contributed by atoms with van der Waals surface area (Å²) < 4.78 is 36.6. The van der Waals surface area contributed by atoms with E-state index in [0.29, 0.717) is 23.3 Å². The van der Waals surface area contributed by atoms with E-state index >= 15 is 0 Å². The van der Waals surface area contributed by atoms with Gasteiger partial charge in [0.2, 0.25) is 5.67 Å². The lowest BCUT2D eigenvalue weighted by atomic mass is 9.67. The first kappa shape index (κ1) is 22.5. The highest BCUT2D eigenvalue weighted by Crippen LogP contribution is 2.53. The molecule has 1 fully saturated rings. The molecule has 0 unspecified atom stereocenters. The molecule has 0 aliphatic heterocycles. The number of pyridine rings is 1. The van der Waals surface area contributed by atoms with Crippen LogP contribution in [0.2, 0.25) is 0 Å². The van der Waals surface area contributed by atoms with Crippen molar-refractivity contribution < 1.29 is 23.4 Å². The summed E-state index contributed by atoms with van der Waals surface area (Å²) in [7, 11) is 1.62. The molecule has 1 aliphatic carbocycles. The molecular weight excluding hydrogens is 442 g/mol. The number of rotatable bonds is 6. The highest BCUT2D eigenvalue weighted by atomic mass is 19.1. The quantitative estimate of drug-likeness (QED) is 0.418. The molecule has 0 radical (unpaired) electrons. The van der Waals surface area contributed by atoms with Crippen molar-refractivity contribution in [3.63, 3.8) is 0 Å². The van der Waals surface area contributed by atoms with Crippen molar-refractivity contribution in [2.24, 2.45) is 0 Å². The highest BCUT2D eigenvalue weighted by molar-refractivity contribution is 5.94. The number of carboxylic acid groups (broad SMARTS) is 1. The van der Waals surface area contributed by atoms with Crippen LogP contribution in [0.4, 0.5) is 8.78 Å². The minimum Gasteiger partial charge on any atom is -0.479 e. The van der Waals surface area contributed by atoms with Crippen molar-refractivity contribution in [1.82, 2.24) is 19.7 Å². The number of aliphatic carboxylic acids is 1. The molecule has 0 saturated heterocycles. The van der Waals surface area contributed by atoms with Crippen LogP contribution in [-0.4, -0.2) is 50.2 Å². The number of nitrogens with one attached hydrogen (secondary N) is 1. The minimum absolute atomic E-state index is 0.136. The van der Waals surface area contributed by atoms with Gasteiger partial charge in [-0.15, -0.1) is 0 Å². The summed E-state index contributed by atoms with van der Waals surface area (Å²) in [5, 5.41) is 17.1. The molecule has 4 aromatic rings. The lowest BCUT2D eigenvalue weighted by Gasteiger charge is -2.40. The van der Waals surface area contributed by atoms with Crippen LogP contribution >= 0.6 is 0 Å². The van der Waals surface area contributed by atoms with Gasteiger partial charge in [0.05, 0.1) is 23.8 Å². The van der Waals surface area contributed by atoms with E-state index in [1.165, 1.54) is 6.07 Å². The Balaban J connectivity index is 1.86. The summed E-state index contributed by atoms with van der Waals surface area (Å²) in [6.45, 7) is 6.11. The number of hydrogen-bond donors (Lipinski definition) is 2. The van der Waals surface area contributed by atoms with Gasteiger partial charge in [-0.1, -0.05) is 13.8 Å². The maximum atomic E-state index is 14.9. The Hall–Kier alpha value is -3.33. The van der Waals surface area contributed by atoms with Gasteiger partial charge < -0.3 is 14.4 Å².